The molecule has 0 fully saturated rings. The van der Waals surface area contributed by atoms with Gasteiger partial charge < -0.3 is 4.90 Å². The lowest BCUT2D eigenvalue weighted by Gasteiger charge is -2.28. The van der Waals surface area contributed by atoms with Crippen molar-refractivity contribution >= 4 is 21.6 Å². The summed E-state index contributed by atoms with van der Waals surface area (Å²) in [6.07, 6.45) is 0.318. The van der Waals surface area contributed by atoms with E-state index >= 15 is 0 Å². The second-order valence-corrected chi connectivity index (χ2v) is 10.8. The van der Waals surface area contributed by atoms with Gasteiger partial charge in [-0.1, -0.05) is 18.2 Å². The van der Waals surface area contributed by atoms with Gasteiger partial charge in [-0.2, -0.15) is 9.40 Å². The number of rotatable bonds is 6. The molecular weight excluding hydrogens is 517 g/mol. The molecular formula is C27H23F3N4O3S. The Morgan fingerprint density at radius 3 is 2.34 bits per heavy atom. The molecule has 0 atom stereocenters. The smallest absolute Gasteiger partial charge is 0.258 e. The van der Waals surface area contributed by atoms with Crippen LogP contribution in [0.3, 0.4) is 0 Å². The number of anilines is 1. The molecule has 4 aromatic rings. The molecule has 1 aliphatic heterocycles. The van der Waals surface area contributed by atoms with E-state index in [2.05, 4.69) is 5.10 Å². The van der Waals surface area contributed by atoms with Crippen LogP contribution in [0, 0.1) is 17.5 Å². The largest absolute Gasteiger partial charge is 0.302 e. The number of hydrogen-bond donors (Lipinski definition) is 0. The third-order valence-corrected chi connectivity index (χ3v) is 8.39. The summed E-state index contributed by atoms with van der Waals surface area (Å²) in [5, 5.41) is 4.58. The zero-order valence-corrected chi connectivity index (χ0v) is 21.1. The highest BCUT2D eigenvalue weighted by atomic mass is 32.2. The summed E-state index contributed by atoms with van der Waals surface area (Å²) in [5.74, 6) is -2.89. The molecule has 1 amide bonds. The molecule has 1 aliphatic rings. The number of fused-ring (bicyclic) bond motifs is 1. The van der Waals surface area contributed by atoms with E-state index in [1.54, 1.807) is 36.0 Å². The molecule has 196 valence electrons. The number of halogens is 3. The van der Waals surface area contributed by atoms with E-state index in [9.17, 15) is 26.4 Å². The quantitative estimate of drug-likeness (QED) is 0.363. The number of benzene rings is 3. The number of para-hydroxylation sites is 1. The molecule has 0 saturated heterocycles. The molecule has 5 rings (SSSR count). The average Bonchev–Trinajstić information content (AvgIpc) is 3.22. The Labute approximate surface area is 217 Å². The van der Waals surface area contributed by atoms with Gasteiger partial charge in [0.2, 0.25) is 10.0 Å². The van der Waals surface area contributed by atoms with Crippen molar-refractivity contribution in [2.45, 2.75) is 24.4 Å². The number of amides is 1. The highest BCUT2D eigenvalue weighted by Gasteiger charge is 2.34. The molecule has 0 spiro atoms. The van der Waals surface area contributed by atoms with Crippen LogP contribution < -0.4 is 4.90 Å². The lowest BCUT2D eigenvalue weighted by molar-refractivity contribution is 0.0984. The van der Waals surface area contributed by atoms with Gasteiger partial charge in [-0.05, 0) is 48.5 Å². The first kappa shape index (κ1) is 25.7. The zero-order chi connectivity index (χ0) is 27.0. The lowest BCUT2D eigenvalue weighted by atomic mass is 10.1. The Kier molecular flexibility index (Phi) is 6.80. The van der Waals surface area contributed by atoms with E-state index in [4.69, 9.17) is 0 Å². The van der Waals surface area contributed by atoms with Crippen LogP contribution in [-0.4, -0.2) is 35.0 Å². The molecule has 0 N–H and O–H groups in total. The summed E-state index contributed by atoms with van der Waals surface area (Å²) in [6.45, 7) is 0.00918. The topological polar surface area (TPSA) is 75.5 Å². The summed E-state index contributed by atoms with van der Waals surface area (Å²) in [4.78, 5) is 14.4. The van der Waals surface area contributed by atoms with Crippen molar-refractivity contribution in [1.29, 1.82) is 0 Å². The second-order valence-electron chi connectivity index (χ2n) is 8.89. The second kappa shape index (κ2) is 10.1. The monoisotopic (exact) mass is 540 g/mol. The number of sulfonamides is 1. The van der Waals surface area contributed by atoms with Crippen molar-refractivity contribution in [3.63, 3.8) is 0 Å². The molecule has 2 heterocycles. The van der Waals surface area contributed by atoms with Crippen LogP contribution in [0.1, 0.15) is 27.3 Å². The van der Waals surface area contributed by atoms with Gasteiger partial charge in [0.15, 0.2) is 0 Å². The minimum atomic E-state index is -4.27. The van der Waals surface area contributed by atoms with Crippen molar-refractivity contribution in [3.8, 4) is 0 Å². The minimum absolute atomic E-state index is 0.0161. The highest BCUT2D eigenvalue weighted by molar-refractivity contribution is 7.89. The van der Waals surface area contributed by atoms with Crippen LogP contribution in [0.5, 0.6) is 0 Å². The number of aromatic nitrogens is 2. The zero-order valence-electron chi connectivity index (χ0n) is 20.3. The number of hydrogen-bond acceptors (Lipinski definition) is 4. The number of aryl methyl sites for hydroxylation is 1. The van der Waals surface area contributed by atoms with Gasteiger partial charge in [0.1, 0.15) is 22.3 Å². The van der Waals surface area contributed by atoms with Gasteiger partial charge >= 0.3 is 0 Å². The van der Waals surface area contributed by atoms with E-state index in [0.29, 0.717) is 29.4 Å². The Morgan fingerprint density at radius 2 is 1.66 bits per heavy atom. The third kappa shape index (κ3) is 4.82. The predicted octanol–water partition coefficient (Wildman–Crippen LogP) is 4.43. The summed E-state index contributed by atoms with van der Waals surface area (Å²) in [6, 6.07) is 16.4. The fourth-order valence-electron chi connectivity index (χ4n) is 4.59. The maximum Gasteiger partial charge on any atom is 0.258 e. The fraction of sp³-hybridized carbons (Fsp3) is 0.185. The fourth-order valence-corrected chi connectivity index (χ4v) is 6.04. The minimum Gasteiger partial charge on any atom is -0.302 e. The molecule has 11 heteroatoms. The van der Waals surface area contributed by atoms with Crippen LogP contribution in [0.15, 0.2) is 77.7 Å². The molecule has 3 aromatic carbocycles. The highest BCUT2D eigenvalue weighted by Crippen LogP contribution is 2.30. The van der Waals surface area contributed by atoms with Crippen LogP contribution in [0.4, 0.5) is 18.9 Å². The van der Waals surface area contributed by atoms with Crippen LogP contribution in [0.25, 0.3) is 0 Å². The molecule has 38 heavy (non-hydrogen) atoms. The van der Waals surface area contributed by atoms with Gasteiger partial charge in [-0.25, -0.2) is 21.6 Å². The van der Waals surface area contributed by atoms with Crippen molar-refractivity contribution in [1.82, 2.24) is 14.1 Å². The maximum atomic E-state index is 14.4. The summed E-state index contributed by atoms with van der Waals surface area (Å²) < 4.78 is 70.5. The lowest BCUT2D eigenvalue weighted by Crippen LogP contribution is -2.37. The first-order valence-corrected chi connectivity index (χ1v) is 13.2. The standard InChI is InChI=1S/C27H23F3N4O3S/c1-32-25-13-14-33(38(36,37)26-12-11-20(29)15-23(26)30)16-22(25)24(31-32)17-34(21-5-3-2-4-6-21)27(35)18-7-9-19(28)10-8-18/h2-12,15H,13-14,16-17H2,1H3. The molecule has 0 bridgehead atoms. The van der Waals surface area contributed by atoms with Crippen molar-refractivity contribution in [2.24, 2.45) is 7.05 Å². The summed E-state index contributed by atoms with van der Waals surface area (Å²) in [5.41, 5.74) is 2.73. The number of carbonyl (C=O) groups excluding carboxylic acids is 1. The van der Waals surface area contributed by atoms with Crippen molar-refractivity contribution in [2.75, 3.05) is 11.4 Å². The van der Waals surface area contributed by atoms with Crippen molar-refractivity contribution in [3.05, 3.63) is 113 Å². The predicted molar refractivity (Wildman–Crippen MR) is 134 cm³/mol. The van der Waals surface area contributed by atoms with Gasteiger partial charge in [-0.15, -0.1) is 0 Å². The Morgan fingerprint density at radius 1 is 0.974 bits per heavy atom. The van der Waals surface area contributed by atoms with E-state index in [1.807, 2.05) is 6.07 Å². The number of nitrogens with zero attached hydrogens (tertiary/aromatic N) is 4. The SMILES string of the molecule is Cn1nc(CN(C(=O)c2ccc(F)cc2)c2ccccc2)c2c1CCN(S(=O)(=O)c1ccc(F)cc1F)C2. The number of carbonyl (C=O) groups is 1. The van der Waals surface area contributed by atoms with Gasteiger partial charge in [0, 0.05) is 55.1 Å². The third-order valence-electron chi connectivity index (χ3n) is 6.51. The molecule has 0 aliphatic carbocycles. The normalized spacial score (nSPS) is 13.8. The maximum absolute atomic E-state index is 14.4. The van der Waals surface area contributed by atoms with Crippen molar-refractivity contribution < 1.29 is 26.4 Å². The van der Waals surface area contributed by atoms with E-state index in [0.717, 1.165) is 22.1 Å². The molecule has 1 aromatic heterocycles. The van der Waals surface area contributed by atoms with Gasteiger partial charge in [-0.3, -0.25) is 9.48 Å². The van der Waals surface area contributed by atoms with Gasteiger partial charge in [0.05, 0.1) is 12.2 Å². The van der Waals surface area contributed by atoms with Gasteiger partial charge in [0.25, 0.3) is 5.91 Å². The average molecular weight is 541 g/mol. The summed E-state index contributed by atoms with van der Waals surface area (Å²) in [7, 11) is -2.53. The molecule has 0 unspecified atom stereocenters. The van der Waals surface area contributed by atoms with E-state index < -0.39 is 32.4 Å². The molecule has 7 nitrogen and oxygen atoms in total. The van der Waals surface area contributed by atoms with Crippen LogP contribution in [-0.2, 0) is 36.6 Å². The first-order valence-electron chi connectivity index (χ1n) is 11.8. The summed E-state index contributed by atoms with van der Waals surface area (Å²) >= 11 is 0. The first-order chi connectivity index (χ1) is 18.1. The Balaban J connectivity index is 1.50. The molecule has 0 radical (unpaired) electrons. The van der Waals surface area contributed by atoms with E-state index in [-0.39, 0.29) is 31.1 Å². The van der Waals surface area contributed by atoms with Crippen LogP contribution >= 0.6 is 0 Å². The van der Waals surface area contributed by atoms with Crippen LogP contribution in [0.2, 0.25) is 0 Å². The van der Waals surface area contributed by atoms with E-state index in [1.165, 1.54) is 29.2 Å². The molecule has 0 saturated carbocycles. The Bertz CT molecular complexity index is 1610. The Hall–Kier alpha value is -3.96.